The Morgan fingerprint density at radius 1 is 1.07 bits per heavy atom. The third-order valence-electron chi connectivity index (χ3n) is 4.31. The van der Waals surface area contributed by atoms with Crippen molar-refractivity contribution in [1.82, 2.24) is 10.3 Å². The molecule has 1 unspecified atom stereocenters. The van der Waals surface area contributed by atoms with Crippen molar-refractivity contribution in [2.24, 2.45) is 5.14 Å². The summed E-state index contributed by atoms with van der Waals surface area (Å²) in [7, 11) is -3.79. The Morgan fingerprint density at radius 2 is 1.72 bits per heavy atom. The molecule has 1 heterocycles. The number of rotatable bonds is 7. The fourth-order valence-electron chi connectivity index (χ4n) is 2.87. The number of pyridine rings is 1. The Kier molecular flexibility index (Phi) is 6.26. The molecule has 8 heteroatoms. The van der Waals surface area contributed by atoms with Crippen molar-refractivity contribution in [3.05, 3.63) is 89.7 Å². The highest BCUT2D eigenvalue weighted by Crippen LogP contribution is 2.23. The Labute approximate surface area is 169 Å². The van der Waals surface area contributed by atoms with Gasteiger partial charge in [-0.15, -0.1) is 0 Å². The highest BCUT2D eigenvalue weighted by Gasteiger charge is 2.17. The summed E-state index contributed by atoms with van der Waals surface area (Å²) in [6.07, 6.45) is 3.34. The summed E-state index contributed by atoms with van der Waals surface area (Å²) in [4.78, 5) is 16.6. The SMILES string of the molecule is Cc1cc(S(N)(=O)=O)ccc1OCC(=O)NC(c1ccccc1)c1ccncc1. The van der Waals surface area contributed by atoms with Gasteiger partial charge in [-0.05, 0) is 53.9 Å². The van der Waals surface area contributed by atoms with Crippen LogP contribution in [0.15, 0.2) is 78.0 Å². The fourth-order valence-corrected chi connectivity index (χ4v) is 3.47. The quantitative estimate of drug-likeness (QED) is 0.620. The molecule has 29 heavy (non-hydrogen) atoms. The van der Waals surface area contributed by atoms with E-state index in [1.165, 1.54) is 18.2 Å². The second-order valence-corrected chi connectivity index (χ2v) is 8.01. The van der Waals surface area contributed by atoms with Gasteiger partial charge in [0.15, 0.2) is 6.61 Å². The number of hydrogen-bond donors (Lipinski definition) is 2. The predicted molar refractivity (Wildman–Crippen MR) is 109 cm³/mol. The van der Waals surface area contributed by atoms with Gasteiger partial charge in [0.2, 0.25) is 10.0 Å². The molecule has 3 N–H and O–H groups in total. The third-order valence-corrected chi connectivity index (χ3v) is 5.22. The van der Waals surface area contributed by atoms with Crippen LogP contribution < -0.4 is 15.2 Å². The number of nitrogens with two attached hydrogens (primary N) is 1. The first-order chi connectivity index (χ1) is 13.8. The second kappa shape index (κ2) is 8.85. The number of amides is 1. The molecule has 0 saturated heterocycles. The molecule has 0 saturated carbocycles. The van der Waals surface area contributed by atoms with Crippen LogP contribution >= 0.6 is 0 Å². The van der Waals surface area contributed by atoms with Gasteiger partial charge in [-0.25, -0.2) is 13.6 Å². The molecule has 0 aliphatic carbocycles. The van der Waals surface area contributed by atoms with Crippen LogP contribution in [-0.2, 0) is 14.8 Å². The number of aromatic nitrogens is 1. The van der Waals surface area contributed by atoms with E-state index in [-0.39, 0.29) is 23.5 Å². The molecule has 0 aliphatic rings. The van der Waals surface area contributed by atoms with Crippen LogP contribution in [0.4, 0.5) is 0 Å². The third kappa shape index (κ3) is 5.40. The molecule has 1 amide bonds. The highest BCUT2D eigenvalue weighted by atomic mass is 32.2. The van der Waals surface area contributed by atoms with Crippen LogP contribution in [-0.4, -0.2) is 25.9 Å². The lowest BCUT2D eigenvalue weighted by atomic mass is 10.00. The van der Waals surface area contributed by atoms with E-state index in [4.69, 9.17) is 9.88 Å². The van der Waals surface area contributed by atoms with Gasteiger partial charge >= 0.3 is 0 Å². The zero-order chi connectivity index (χ0) is 20.9. The van der Waals surface area contributed by atoms with Crippen LogP contribution in [0, 0.1) is 6.92 Å². The van der Waals surface area contributed by atoms with Crippen molar-refractivity contribution < 1.29 is 17.9 Å². The van der Waals surface area contributed by atoms with Gasteiger partial charge < -0.3 is 10.1 Å². The average molecular weight is 411 g/mol. The molecule has 1 atom stereocenters. The number of carbonyl (C=O) groups is 1. The minimum atomic E-state index is -3.79. The van der Waals surface area contributed by atoms with E-state index in [0.29, 0.717) is 11.3 Å². The molecular weight excluding hydrogens is 390 g/mol. The molecule has 0 bridgehead atoms. The molecule has 2 aromatic carbocycles. The van der Waals surface area contributed by atoms with E-state index in [2.05, 4.69) is 10.3 Å². The van der Waals surface area contributed by atoms with Crippen molar-refractivity contribution in [2.45, 2.75) is 17.9 Å². The van der Waals surface area contributed by atoms with Crippen molar-refractivity contribution in [2.75, 3.05) is 6.61 Å². The van der Waals surface area contributed by atoms with Gasteiger partial charge in [-0.3, -0.25) is 9.78 Å². The molecule has 3 rings (SSSR count). The first-order valence-electron chi connectivity index (χ1n) is 8.85. The van der Waals surface area contributed by atoms with Gasteiger partial charge in [-0.2, -0.15) is 0 Å². The van der Waals surface area contributed by atoms with E-state index in [9.17, 15) is 13.2 Å². The van der Waals surface area contributed by atoms with Crippen molar-refractivity contribution in [1.29, 1.82) is 0 Å². The maximum Gasteiger partial charge on any atom is 0.258 e. The molecule has 3 aromatic rings. The zero-order valence-corrected chi connectivity index (χ0v) is 16.6. The van der Waals surface area contributed by atoms with E-state index >= 15 is 0 Å². The second-order valence-electron chi connectivity index (χ2n) is 6.45. The van der Waals surface area contributed by atoms with Gasteiger partial charge in [-0.1, -0.05) is 30.3 Å². The number of benzene rings is 2. The van der Waals surface area contributed by atoms with Crippen molar-refractivity contribution in [3.63, 3.8) is 0 Å². The molecule has 0 radical (unpaired) electrons. The lowest BCUT2D eigenvalue weighted by Crippen LogP contribution is -2.33. The van der Waals surface area contributed by atoms with E-state index in [1.54, 1.807) is 19.3 Å². The van der Waals surface area contributed by atoms with E-state index in [1.807, 2.05) is 42.5 Å². The number of primary sulfonamides is 1. The number of hydrogen-bond acceptors (Lipinski definition) is 5. The molecular formula is C21H21N3O4S. The maximum atomic E-state index is 12.5. The molecule has 7 nitrogen and oxygen atoms in total. The topological polar surface area (TPSA) is 111 Å². The van der Waals surface area contributed by atoms with Crippen LogP contribution in [0.5, 0.6) is 5.75 Å². The summed E-state index contributed by atoms with van der Waals surface area (Å²) in [6, 6.07) is 17.2. The molecule has 0 fully saturated rings. The van der Waals surface area contributed by atoms with Crippen LogP contribution in [0.3, 0.4) is 0 Å². The molecule has 0 aliphatic heterocycles. The number of nitrogens with one attached hydrogen (secondary N) is 1. The summed E-state index contributed by atoms with van der Waals surface area (Å²) in [5.41, 5.74) is 2.40. The van der Waals surface area contributed by atoms with Crippen molar-refractivity contribution in [3.8, 4) is 5.75 Å². The van der Waals surface area contributed by atoms with Crippen LogP contribution in [0.2, 0.25) is 0 Å². The summed E-state index contributed by atoms with van der Waals surface area (Å²) >= 11 is 0. The van der Waals surface area contributed by atoms with Crippen LogP contribution in [0.25, 0.3) is 0 Å². The Morgan fingerprint density at radius 3 is 2.34 bits per heavy atom. The minimum Gasteiger partial charge on any atom is -0.484 e. The zero-order valence-electron chi connectivity index (χ0n) is 15.8. The lowest BCUT2D eigenvalue weighted by molar-refractivity contribution is -0.123. The number of carbonyl (C=O) groups excluding carboxylic acids is 1. The normalized spacial score (nSPS) is 12.2. The number of ether oxygens (including phenoxy) is 1. The van der Waals surface area contributed by atoms with Gasteiger partial charge in [0, 0.05) is 12.4 Å². The molecule has 0 spiro atoms. The molecule has 150 valence electrons. The summed E-state index contributed by atoms with van der Waals surface area (Å²) in [6.45, 7) is 1.47. The standard InChI is InChI=1S/C21H21N3O4S/c1-15-13-18(29(22,26)27)7-8-19(15)28-14-20(25)24-21(16-5-3-2-4-6-16)17-9-11-23-12-10-17/h2-13,21H,14H2,1H3,(H,24,25)(H2,22,26,27). The minimum absolute atomic E-state index is 0.00590. The smallest absolute Gasteiger partial charge is 0.258 e. The largest absolute Gasteiger partial charge is 0.484 e. The Bertz CT molecular complexity index is 1050. The van der Waals surface area contributed by atoms with Gasteiger partial charge in [0.05, 0.1) is 10.9 Å². The Balaban J connectivity index is 1.71. The summed E-state index contributed by atoms with van der Waals surface area (Å²) < 4.78 is 28.4. The molecule has 1 aromatic heterocycles. The monoisotopic (exact) mass is 411 g/mol. The number of nitrogens with zero attached hydrogens (tertiary/aromatic N) is 1. The summed E-state index contributed by atoms with van der Waals surface area (Å²) in [5.74, 6) is 0.0957. The predicted octanol–water partition coefficient (Wildman–Crippen LogP) is 2.32. The first-order valence-corrected chi connectivity index (χ1v) is 10.4. The average Bonchev–Trinajstić information content (AvgIpc) is 2.71. The van der Waals surface area contributed by atoms with E-state index < -0.39 is 10.0 Å². The van der Waals surface area contributed by atoms with Crippen molar-refractivity contribution >= 4 is 15.9 Å². The lowest BCUT2D eigenvalue weighted by Gasteiger charge is -2.20. The number of aryl methyl sites for hydroxylation is 1. The van der Waals surface area contributed by atoms with Crippen LogP contribution in [0.1, 0.15) is 22.7 Å². The van der Waals surface area contributed by atoms with Gasteiger partial charge in [0.25, 0.3) is 5.91 Å². The Hall–Kier alpha value is -3.23. The highest BCUT2D eigenvalue weighted by molar-refractivity contribution is 7.89. The summed E-state index contributed by atoms with van der Waals surface area (Å²) in [5, 5.41) is 8.09. The van der Waals surface area contributed by atoms with E-state index in [0.717, 1.165) is 11.1 Å². The first kappa shape index (κ1) is 20.5. The fraction of sp³-hybridized carbons (Fsp3) is 0.143. The van der Waals surface area contributed by atoms with Gasteiger partial charge in [0.1, 0.15) is 5.75 Å². The number of sulfonamides is 1. The maximum absolute atomic E-state index is 12.5.